The number of piperidine rings is 3. The molecule has 3 aliphatic rings. The lowest BCUT2D eigenvalue weighted by molar-refractivity contribution is -0.116. The molecule has 2 amide bonds. The van der Waals surface area contributed by atoms with Crippen LogP contribution in [0.15, 0.2) is 102 Å². The van der Waals surface area contributed by atoms with Gasteiger partial charge in [-0.2, -0.15) is 0 Å². The monoisotopic (exact) mass is 829 g/mol. The fourth-order valence-electron chi connectivity index (χ4n) is 8.02. The average Bonchev–Trinajstić information content (AvgIpc) is 3.22. The summed E-state index contributed by atoms with van der Waals surface area (Å²) in [5.41, 5.74) is 6.09. The average molecular weight is 830 g/mol. The number of phenols is 1. The molecule has 8 rings (SSSR count). The molecule has 3 aliphatic heterocycles. The van der Waals surface area contributed by atoms with Gasteiger partial charge < -0.3 is 34.8 Å². The normalized spacial score (nSPS) is 18.2. The van der Waals surface area contributed by atoms with E-state index in [2.05, 4.69) is 65.8 Å². The molecule has 316 valence electrons. The number of nitrogens with zero attached hydrogens (tertiary/aromatic N) is 1. The van der Waals surface area contributed by atoms with E-state index < -0.39 is 14.4 Å². The highest BCUT2D eigenvalue weighted by atomic mass is 28.4. The van der Waals surface area contributed by atoms with Gasteiger partial charge in [-0.1, -0.05) is 81.4 Å². The van der Waals surface area contributed by atoms with Crippen LogP contribution in [0.4, 0.5) is 16.2 Å². The minimum absolute atomic E-state index is 0.0210. The summed E-state index contributed by atoms with van der Waals surface area (Å²) >= 11 is 0. The molecule has 60 heavy (non-hydrogen) atoms. The summed E-state index contributed by atoms with van der Waals surface area (Å²) in [5.74, 6) is -0.0396. The first kappa shape index (κ1) is 42.8. The highest BCUT2D eigenvalue weighted by Gasteiger charge is 2.43. The Balaban J connectivity index is 0.931. The van der Waals surface area contributed by atoms with E-state index in [0.29, 0.717) is 43.6 Å². The van der Waals surface area contributed by atoms with Crippen LogP contribution in [0.1, 0.15) is 75.7 Å². The second-order valence-electron chi connectivity index (χ2n) is 17.9. The van der Waals surface area contributed by atoms with E-state index in [0.717, 1.165) is 77.8 Å². The molecule has 0 spiro atoms. The highest BCUT2D eigenvalue weighted by Crippen LogP contribution is 2.41. The lowest BCUT2D eigenvalue weighted by Gasteiger charge is -2.47. The number of benzene rings is 4. The number of anilines is 2. The Morgan fingerprint density at radius 1 is 0.883 bits per heavy atom. The number of hydrogen-bond acceptors (Lipinski definition) is 8. The summed E-state index contributed by atoms with van der Waals surface area (Å²) in [6.07, 6.45) is 3.55. The molecule has 0 unspecified atom stereocenters. The first-order chi connectivity index (χ1) is 28.7. The molecule has 4 aromatic carbocycles. The standard InChI is InChI=1S/C48H59N5O6Si/c1-47(2,3)60(4,5)59-42(38-20-22-41(54)45-39(38)21-23-44(56)52-45)32-49-31-34-14-17-36(18-15-34)50-43(55)13-9-10-33-16-19-37(35-11-7-6-8-12-35)40(30-33)51-46(57)58-48-24-27-53(28-25-48)29-26-48/h6-8,11-12,14-23,30,42,49,54H,9-10,13,24-29,31-32H2,1-5H3,(H,50,55)(H,51,57)(H,52,56)/t42-/m0/s1. The number of aromatic nitrogens is 1. The van der Waals surface area contributed by atoms with Gasteiger partial charge in [0.25, 0.3) is 0 Å². The minimum Gasteiger partial charge on any atom is -0.506 e. The first-order valence-corrected chi connectivity index (χ1v) is 24.1. The van der Waals surface area contributed by atoms with E-state index in [1.54, 1.807) is 12.1 Å². The number of fused-ring (bicyclic) bond motifs is 4. The molecule has 0 aliphatic carbocycles. The van der Waals surface area contributed by atoms with Crippen molar-refractivity contribution in [3.63, 3.8) is 0 Å². The Morgan fingerprint density at radius 2 is 1.58 bits per heavy atom. The van der Waals surface area contributed by atoms with Gasteiger partial charge >= 0.3 is 6.09 Å². The molecule has 11 nitrogen and oxygen atoms in total. The molecular weight excluding hydrogens is 771 g/mol. The molecule has 1 aromatic heterocycles. The zero-order valence-electron chi connectivity index (χ0n) is 35.5. The van der Waals surface area contributed by atoms with Crippen molar-refractivity contribution in [3.8, 4) is 16.9 Å². The second-order valence-corrected chi connectivity index (χ2v) is 22.7. The third-order valence-electron chi connectivity index (χ3n) is 12.6. The topological polar surface area (TPSA) is 145 Å². The first-order valence-electron chi connectivity index (χ1n) is 21.2. The number of hydrogen-bond donors (Lipinski definition) is 5. The van der Waals surface area contributed by atoms with Gasteiger partial charge in [-0.05, 0) is 83.6 Å². The Hall–Kier alpha value is -5.27. The van der Waals surface area contributed by atoms with Crippen molar-refractivity contribution in [3.05, 3.63) is 124 Å². The van der Waals surface area contributed by atoms with E-state index in [9.17, 15) is 19.5 Å². The van der Waals surface area contributed by atoms with Crippen LogP contribution in [0, 0.1) is 0 Å². The van der Waals surface area contributed by atoms with Gasteiger partial charge in [0.15, 0.2) is 8.32 Å². The number of aryl methyl sites for hydroxylation is 1. The number of ether oxygens (including phenoxy) is 1. The maximum absolute atomic E-state index is 13.3. The number of pyridine rings is 1. The SMILES string of the molecule is CC(C)(C)[Si](C)(C)O[C@@H](CNCc1ccc(NC(=O)CCCc2ccc(-c3ccccc3)c(NC(=O)OC34CCN(CC3)CC4)c2)cc1)c1ccc(O)c2[nH]c(=O)ccc12. The summed E-state index contributed by atoms with van der Waals surface area (Å²) in [6, 6.07) is 30.6. The number of H-pyrrole nitrogens is 1. The number of aromatic hydroxyl groups is 1. The minimum atomic E-state index is -2.21. The fraction of sp³-hybridized carbons (Fsp3) is 0.396. The van der Waals surface area contributed by atoms with Gasteiger partial charge in [0, 0.05) is 81.1 Å². The lowest BCUT2D eigenvalue weighted by Crippen LogP contribution is -2.54. The summed E-state index contributed by atoms with van der Waals surface area (Å²) in [7, 11) is -2.21. The van der Waals surface area contributed by atoms with E-state index >= 15 is 0 Å². The number of carbonyl (C=O) groups is 2. The quantitative estimate of drug-likeness (QED) is 0.0657. The Kier molecular flexibility index (Phi) is 13.0. The molecule has 5 N–H and O–H groups in total. The van der Waals surface area contributed by atoms with Gasteiger partial charge in [-0.15, -0.1) is 0 Å². The Morgan fingerprint density at radius 3 is 2.28 bits per heavy atom. The van der Waals surface area contributed by atoms with Gasteiger partial charge in [-0.3, -0.25) is 14.9 Å². The fourth-order valence-corrected chi connectivity index (χ4v) is 9.29. The summed E-state index contributed by atoms with van der Waals surface area (Å²) in [6.45, 7) is 15.0. The van der Waals surface area contributed by atoms with Gasteiger partial charge in [-0.25, -0.2) is 4.79 Å². The van der Waals surface area contributed by atoms with Crippen LogP contribution < -0.4 is 21.5 Å². The van der Waals surface area contributed by atoms with Crippen molar-refractivity contribution in [2.75, 3.05) is 36.8 Å². The van der Waals surface area contributed by atoms with E-state index in [-0.39, 0.29) is 34.0 Å². The van der Waals surface area contributed by atoms with Crippen molar-refractivity contribution in [1.82, 2.24) is 15.2 Å². The van der Waals surface area contributed by atoms with Gasteiger partial charge in [0.1, 0.15) is 11.4 Å². The molecule has 0 saturated carbocycles. The van der Waals surface area contributed by atoms with Crippen molar-refractivity contribution >= 4 is 42.6 Å². The molecule has 12 heteroatoms. The zero-order valence-corrected chi connectivity index (χ0v) is 36.5. The van der Waals surface area contributed by atoms with Crippen molar-refractivity contribution in [2.24, 2.45) is 0 Å². The lowest BCUT2D eigenvalue weighted by atomic mass is 9.83. The maximum Gasteiger partial charge on any atom is 0.412 e. The Bertz CT molecular complexity index is 2340. The molecule has 1 atom stereocenters. The van der Waals surface area contributed by atoms with E-state index in [4.69, 9.17) is 9.16 Å². The van der Waals surface area contributed by atoms with Gasteiger partial charge in [0.2, 0.25) is 11.5 Å². The third kappa shape index (κ3) is 10.4. The molecular formula is C48H59N5O6Si. The van der Waals surface area contributed by atoms with Crippen LogP contribution in [0.2, 0.25) is 18.1 Å². The summed E-state index contributed by atoms with van der Waals surface area (Å²) in [5, 5.41) is 20.9. The molecule has 3 saturated heterocycles. The molecule has 2 bridgehead atoms. The predicted octanol–water partition coefficient (Wildman–Crippen LogP) is 9.50. The smallest absolute Gasteiger partial charge is 0.412 e. The van der Waals surface area contributed by atoms with Crippen LogP contribution in [-0.2, 0) is 26.9 Å². The van der Waals surface area contributed by atoms with E-state index in [1.807, 2.05) is 72.8 Å². The number of carbonyl (C=O) groups excluding carboxylic acids is 2. The van der Waals surface area contributed by atoms with E-state index in [1.165, 1.54) is 6.07 Å². The molecule has 4 heterocycles. The number of aromatic amines is 1. The van der Waals surface area contributed by atoms with Crippen molar-refractivity contribution in [2.45, 2.75) is 95.7 Å². The number of amides is 2. The summed E-state index contributed by atoms with van der Waals surface area (Å²) in [4.78, 5) is 43.6. The van der Waals surface area contributed by atoms with Crippen LogP contribution in [0.25, 0.3) is 22.0 Å². The second kappa shape index (κ2) is 18.1. The van der Waals surface area contributed by atoms with Crippen molar-refractivity contribution < 1.29 is 23.9 Å². The molecule has 5 aromatic rings. The largest absolute Gasteiger partial charge is 0.506 e. The number of nitrogens with one attached hydrogen (secondary N) is 4. The highest BCUT2D eigenvalue weighted by molar-refractivity contribution is 6.74. The zero-order chi connectivity index (χ0) is 42.5. The number of phenolic OH excluding ortho intramolecular Hbond substituents is 1. The van der Waals surface area contributed by atoms with Crippen LogP contribution in [-0.4, -0.2) is 67.1 Å². The van der Waals surface area contributed by atoms with Crippen LogP contribution in [0.5, 0.6) is 5.75 Å². The van der Waals surface area contributed by atoms with Crippen LogP contribution >= 0.6 is 0 Å². The third-order valence-corrected chi connectivity index (χ3v) is 17.1. The van der Waals surface area contributed by atoms with Crippen LogP contribution in [0.3, 0.4) is 0 Å². The van der Waals surface area contributed by atoms with Gasteiger partial charge in [0.05, 0.1) is 17.3 Å². The Labute approximate surface area is 354 Å². The molecule has 3 fully saturated rings. The molecule has 0 radical (unpaired) electrons. The number of rotatable bonds is 15. The maximum atomic E-state index is 13.3. The summed E-state index contributed by atoms with van der Waals surface area (Å²) < 4.78 is 13.1. The predicted molar refractivity (Wildman–Crippen MR) is 242 cm³/mol. The van der Waals surface area contributed by atoms with Crippen molar-refractivity contribution in [1.29, 1.82) is 0 Å².